The minimum Gasteiger partial charge on any atom is -0.0632 e. The van der Waals surface area contributed by atoms with Crippen molar-refractivity contribution in [3.63, 3.8) is 0 Å². The first-order valence-electron chi connectivity index (χ1n) is 14.3. The zero-order chi connectivity index (χ0) is 26.3. The first-order valence-corrected chi connectivity index (χ1v) is 18.7. The molecule has 3 aromatic rings. The van der Waals surface area contributed by atoms with Crippen molar-refractivity contribution in [1.29, 1.82) is 0 Å². The van der Waals surface area contributed by atoms with E-state index < -0.39 is 5.31 Å². The third-order valence-corrected chi connectivity index (χ3v) is 17.2. The molecule has 0 unspecified atom stereocenters. The molecule has 0 atom stereocenters. The Morgan fingerprint density at radius 1 is 0.568 bits per heavy atom. The number of hydrogen-bond acceptors (Lipinski definition) is 2. The summed E-state index contributed by atoms with van der Waals surface area (Å²) in [7, 11) is 0. The van der Waals surface area contributed by atoms with Gasteiger partial charge in [-0.1, -0.05) is 13.8 Å². The minimum absolute atomic E-state index is 0.0259. The van der Waals surface area contributed by atoms with Crippen molar-refractivity contribution in [3.8, 4) is 0 Å². The Morgan fingerprint density at radius 3 is 1.35 bits per heavy atom. The van der Waals surface area contributed by atoms with Crippen LogP contribution in [-0.2, 0) is 9.47 Å². The summed E-state index contributed by atoms with van der Waals surface area (Å²) in [6.07, 6.45) is 11.6. The number of unbranched alkanes of at least 4 members (excludes halogenated alkanes) is 5. The van der Waals surface area contributed by atoms with Crippen LogP contribution in [0.1, 0.15) is 71.6 Å². The minimum atomic E-state index is -2.78. The normalized spacial score (nSPS) is 12.9. The summed E-state index contributed by atoms with van der Waals surface area (Å²) >= 11 is 4.57. The van der Waals surface area contributed by atoms with Crippen LogP contribution in [-0.4, -0.2) is 25.7 Å². The SMILES string of the molecule is CCCOC(CCCCCCCCP(Br)(c1ccccc1)(c1ccccc1)c1ccccc1)OCCC. The molecule has 4 heteroatoms. The molecule has 0 amide bonds. The number of halogens is 1. The fourth-order valence-electron chi connectivity index (χ4n) is 5.19. The molecule has 3 rings (SSSR count). The second kappa shape index (κ2) is 15.8. The van der Waals surface area contributed by atoms with Crippen LogP contribution in [0.15, 0.2) is 91.0 Å². The average Bonchev–Trinajstić information content (AvgIpc) is 2.96. The van der Waals surface area contributed by atoms with Crippen molar-refractivity contribution in [3.05, 3.63) is 91.0 Å². The first kappa shape index (κ1) is 30.0. The predicted molar refractivity (Wildman–Crippen MR) is 168 cm³/mol. The molecule has 0 saturated carbocycles. The summed E-state index contributed by atoms with van der Waals surface area (Å²) in [4.78, 5) is 0. The van der Waals surface area contributed by atoms with Gasteiger partial charge >= 0.3 is 221 Å². The van der Waals surface area contributed by atoms with Gasteiger partial charge in [0.2, 0.25) is 0 Å². The first-order chi connectivity index (χ1) is 18.1. The molecule has 0 aliphatic heterocycles. The molecule has 0 heterocycles. The van der Waals surface area contributed by atoms with E-state index in [4.69, 9.17) is 9.47 Å². The number of benzene rings is 3. The molecule has 0 aliphatic carbocycles. The molecule has 0 fully saturated rings. The molecule has 3 aromatic carbocycles. The number of ether oxygens (including phenoxy) is 2. The Labute approximate surface area is 233 Å². The van der Waals surface area contributed by atoms with Crippen LogP contribution in [0.5, 0.6) is 0 Å². The topological polar surface area (TPSA) is 18.5 Å². The average molecular weight is 586 g/mol. The van der Waals surface area contributed by atoms with Gasteiger partial charge in [0.1, 0.15) is 0 Å². The van der Waals surface area contributed by atoms with E-state index in [2.05, 4.69) is 120 Å². The second-order valence-corrected chi connectivity index (χ2v) is 19.1. The van der Waals surface area contributed by atoms with Crippen LogP contribution in [0.4, 0.5) is 0 Å². The van der Waals surface area contributed by atoms with Gasteiger partial charge in [-0.3, -0.25) is 0 Å². The van der Waals surface area contributed by atoms with Crippen molar-refractivity contribution >= 4 is 36.7 Å². The van der Waals surface area contributed by atoms with Crippen molar-refractivity contribution in [2.75, 3.05) is 19.4 Å². The fourth-order valence-corrected chi connectivity index (χ4v) is 12.9. The summed E-state index contributed by atoms with van der Waals surface area (Å²) in [5, 5.41) is 1.46. The van der Waals surface area contributed by atoms with E-state index in [0.29, 0.717) is 0 Å². The van der Waals surface area contributed by atoms with Crippen LogP contribution in [0.2, 0.25) is 0 Å². The molecule has 0 N–H and O–H groups in total. The molecule has 0 aliphatic rings. The molecule has 0 aromatic heterocycles. The molecule has 0 saturated heterocycles. The van der Waals surface area contributed by atoms with Gasteiger partial charge in [0.05, 0.1) is 0 Å². The Morgan fingerprint density at radius 2 is 0.946 bits per heavy atom. The van der Waals surface area contributed by atoms with Gasteiger partial charge in [-0.05, 0) is 0 Å². The van der Waals surface area contributed by atoms with Gasteiger partial charge in [-0.25, -0.2) is 0 Å². The van der Waals surface area contributed by atoms with Gasteiger partial charge in [0.25, 0.3) is 0 Å². The zero-order valence-corrected chi connectivity index (χ0v) is 25.3. The molecular formula is C33H46BrO2P. The van der Waals surface area contributed by atoms with Crippen LogP contribution in [0.3, 0.4) is 0 Å². The van der Waals surface area contributed by atoms with Crippen LogP contribution >= 0.6 is 20.8 Å². The Balaban J connectivity index is 1.64. The summed E-state index contributed by atoms with van der Waals surface area (Å²) in [5.74, 6) is 0. The van der Waals surface area contributed by atoms with Crippen molar-refractivity contribution < 1.29 is 9.47 Å². The van der Waals surface area contributed by atoms with Crippen LogP contribution in [0, 0.1) is 0 Å². The Hall–Kier alpha value is -1.51. The van der Waals surface area contributed by atoms with E-state index in [1.165, 1.54) is 54.4 Å². The maximum atomic E-state index is 5.89. The van der Waals surface area contributed by atoms with Crippen molar-refractivity contribution in [1.82, 2.24) is 0 Å². The summed E-state index contributed by atoms with van der Waals surface area (Å²) < 4.78 is 11.8. The smallest absolute Gasteiger partial charge is 0.0632 e. The maximum absolute atomic E-state index is 5.89. The van der Waals surface area contributed by atoms with E-state index in [1.807, 2.05) is 0 Å². The number of rotatable bonds is 18. The third kappa shape index (κ3) is 7.99. The van der Waals surface area contributed by atoms with Gasteiger partial charge in [0.15, 0.2) is 0 Å². The van der Waals surface area contributed by atoms with Gasteiger partial charge in [-0.15, -0.1) is 0 Å². The Bertz CT molecular complexity index is 889. The molecule has 0 radical (unpaired) electrons. The van der Waals surface area contributed by atoms with E-state index in [-0.39, 0.29) is 6.29 Å². The van der Waals surface area contributed by atoms with Gasteiger partial charge in [0, 0.05) is 0 Å². The molecular weight excluding hydrogens is 539 g/mol. The fraction of sp³-hybridized carbons (Fsp3) is 0.455. The standard InChI is InChI=1S/C33H46BrO2P/c1-3-27-35-33(36-28-4-2)26-18-7-5-6-8-19-29-37(34,30-20-12-9-13-21-30,31-22-14-10-15-23-31)32-24-16-11-17-25-32/h9-17,20-25,33H,3-8,18-19,26-29H2,1-2H3. The van der Waals surface area contributed by atoms with E-state index in [9.17, 15) is 0 Å². The van der Waals surface area contributed by atoms with E-state index in [0.717, 1.165) is 38.6 Å². The molecule has 0 spiro atoms. The van der Waals surface area contributed by atoms with Crippen LogP contribution in [0.25, 0.3) is 0 Å². The molecule has 37 heavy (non-hydrogen) atoms. The summed E-state index contributed by atoms with van der Waals surface area (Å²) in [5.41, 5.74) is 0. The monoisotopic (exact) mass is 584 g/mol. The second-order valence-electron chi connectivity index (χ2n) is 9.99. The van der Waals surface area contributed by atoms with E-state index in [1.54, 1.807) is 0 Å². The Kier molecular flexibility index (Phi) is 12.8. The third-order valence-electron chi connectivity index (χ3n) is 7.17. The molecule has 202 valence electrons. The van der Waals surface area contributed by atoms with Gasteiger partial charge in [-0.2, -0.15) is 0 Å². The van der Waals surface area contributed by atoms with Crippen LogP contribution < -0.4 is 15.9 Å². The number of hydrogen-bond donors (Lipinski definition) is 0. The summed E-state index contributed by atoms with van der Waals surface area (Å²) in [6, 6.07) is 33.4. The van der Waals surface area contributed by atoms with Gasteiger partial charge < -0.3 is 0 Å². The summed E-state index contributed by atoms with van der Waals surface area (Å²) in [6.45, 7) is 5.88. The van der Waals surface area contributed by atoms with Crippen molar-refractivity contribution in [2.24, 2.45) is 0 Å². The van der Waals surface area contributed by atoms with E-state index >= 15 is 0 Å². The van der Waals surface area contributed by atoms with Crippen molar-refractivity contribution in [2.45, 2.75) is 77.9 Å². The predicted octanol–water partition coefficient (Wildman–Crippen LogP) is 8.74. The zero-order valence-electron chi connectivity index (χ0n) is 22.9. The quantitative estimate of drug-likeness (QED) is 0.0845. The molecule has 0 bridgehead atoms. The molecule has 2 nitrogen and oxygen atoms in total.